The summed E-state index contributed by atoms with van der Waals surface area (Å²) in [6.45, 7) is 2.32. The van der Waals surface area contributed by atoms with Crippen LogP contribution in [0.3, 0.4) is 0 Å². The van der Waals surface area contributed by atoms with Gasteiger partial charge in [-0.1, -0.05) is 0 Å². The maximum atomic E-state index is 12.9. The van der Waals surface area contributed by atoms with Crippen LogP contribution in [0.25, 0.3) is 0 Å². The standard InChI is InChI=1S/C16H23N3O3/c1-18-7-10(6-17-18)5-13-14(21-2)3-4-19(13)16(20)15-11-8-22-9-12(11)15/h6-7,11-15H,3-5,8-9H2,1-2H3/t11-,12+,13-,14-,15?/m0/s1. The Balaban J connectivity index is 1.49. The first-order valence-electron chi connectivity index (χ1n) is 8.07. The van der Waals surface area contributed by atoms with Crippen molar-refractivity contribution in [2.75, 3.05) is 26.9 Å². The Hall–Kier alpha value is -1.40. The van der Waals surface area contributed by atoms with E-state index >= 15 is 0 Å². The molecule has 6 nitrogen and oxygen atoms in total. The molecule has 3 heterocycles. The van der Waals surface area contributed by atoms with Gasteiger partial charge in [0.1, 0.15) is 0 Å². The normalized spacial score (nSPS) is 36.6. The van der Waals surface area contributed by atoms with Gasteiger partial charge in [0.2, 0.25) is 5.91 Å². The van der Waals surface area contributed by atoms with Gasteiger partial charge in [-0.3, -0.25) is 9.48 Å². The molecule has 1 aromatic rings. The van der Waals surface area contributed by atoms with E-state index in [-0.39, 0.29) is 18.1 Å². The summed E-state index contributed by atoms with van der Waals surface area (Å²) in [5.74, 6) is 1.44. The third kappa shape index (κ3) is 2.25. The molecule has 5 atom stereocenters. The first kappa shape index (κ1) is 14.2. The molecule has 0 aromatic carbocycles. The molecule has 120 valence electrons. The second-order valence-corrected chi connectivity index (χ2v) is 6.78. The molecule has 2 saturated heterocycles. The van der Waals surface area contributed by atoms with E-state index in [0.717, 1.165) is 38.2 Å². The van der Waals surface area contributed by atoms with Gasteiger partial charge in [0.25, 0.3) is 0 Å². The van der Waals surface area contributed by atoms with Crippen molar-refractivity contribution in [2.45, 2.75) is 25.0 Å². The van der Waals surface area contributed by atoms with Crippen molar-refractivity contribution in [1.29, 1.82) is 0 Å². The minimum atomic E-state index is 0.124. The highest BCUT2D eigenvalue weighted by molar-refractivity contribution is 5.83. The predicted octanol–water partition coefficient (Wildman–Crippen LogP) is 0.471. The van der Waals surface area contributed by atoms with Crippen molar-refractivity contribution in [2.24, 2.45) is 24.8 Å². The molecule has 0 bridgehead atoms. The van der Waals surface area contributed by atoms with E-state index in [1.54, 1.807) is 11.8 Å². The summed E-state index contributed by atoms with van der Waals surface area (Å²) in [5, 5.41) is 4.23. The van der Waals surface area contributed by atoms with Gasteiger partial charge in [0.05, 0.1) is 31.6 Å². The van der Waals surface area contributed by atoms with Gasteiger partial charge in [0.15, 0.2) is 0 Å². The SMILES string of the molecule is CO[C@H]1CCN(C(=O)C2[C@H]3COC[C@@H]23)[C@H]1Cc1cnn(C)c1. The molecular formula is C16H23N3O3. The van der Waals surface area contributed by atoms with E-state index < -0.39 is 0 Å². The lowest BCUT2D eigenvalue weighted by atomic mass is 10.0. The van der Waals surface area contributed by atoms with Gasteiger partial charge in [-0.15, -0.1) is 0 Å². The second kappa shape index (κ2) is 5.35. The zero-order valence-electron chi connectivity index (χ0n) is 13.1. The van der Waals surface area contributed by atoms with E-state index in [4.69, 9.17) is 9.47 Å². The fourth-order valence-corrected chi connectivity index (χ4v) is 4.23. The van der Waals surface area contributed by atoms with E-state index in [9.17, 15) is 4.79 Å². The van der Waals surface area contributed by atoms with E-state index in [2.05, 4.69) is 10.00 Å². The van der Waals surface area contributed by atoms with E-state index in [0.29, 0.717) is 17.7 Å². The van der Waals surface area contributed by atoms with Gasteiger partial charge in [-0.25, -0.2) is 0 Å². The lowest BCUT2D eigenvalue weighted by Gasteiger charge is -2.28. The number of hydrogen-bond acceptors (Lipinski definition) is 4. The summed E-state index contributed by atoms with van der Waals surface area (Å²) in [6.07, 6.45) is 5.77. The minimum Gasteiger partial charge on any atom is -0.381 e. The Morgan fingerprint density at radius 2 is 2.23 bits per heavy atom. The molecule has 1 saturated carbocycles. The van der Waals surface area contributed by atoms with Gasteiger partial charge >= 0.3 is 0 Å². The number of aryl methyl sites for hydroxylation is 1. The largest absolute Gasteiger partial charge is 0.381 e. The highest BCUT2D eigenvalue weighted by atomic mass is 16.5. The number of likely N-dealkylation sites (tertiary alicyclic amines) is 1. The average molecular weight is 305 g/mol. The van der Waals surface area contributed by atoms with Gasteiger partial charge in [-0.05, 0) is 30.2 Å². The van der Waals surface area contributed by atoms with Gasteiger partial charge in [-0.2, -0.15) is 5.10 Å². The number of nitrogens with zero attached hydrogens (tertiary/aromatic N) is 3. The average Bonchev–Trinajstić information content (AvgIpc) is 2.95. The Labute approximate surface area is 130 Å². The smallest absolute Gasteiger partial charge is 0.226 e. The molecule has 0 spiro atoms. The number of methoxy groups -OCH3 is 1. The third-order valence-corrected chi connectivity index (χ3v) is 5.51. The van der Waals surface area contributed by atoms with Crippen molar-refractivity contribution in [3.8, 4) is 0 Å². The van der Waals surface area contributed by atoms with Crippen LogP contribution in [0.5, 0.6) is 0 Å². The molecule has 1 amide bonds. The summed E-state index contributed by atoms with van der Waals surface area (Å²) in [7, 11) is 3.66. The number of aromatic nitrogens is 2. The summed E-state index contributed by atoms with van der Waals surface area (Å²) >= 11 is 0. The molecule has 22 heavy (non-hydrogen) atoms. The van der Waals surface area contributed by atoms with Crippen LogP contribution in [0.2, 0.25) is 0 Å². The lowest BCUT2D eigenvalue weighted by Crippen LogP contribution is -2.43. The molecule has 6 heteroatoms. The number of rotatable bonds is 4. The summed E-state index contributed by atoms with van der Waals surface area (Å²) in [5.41, 5.74) is 1.16. The molecule has 1 aromatic heterocycles. The maximum Gasteiger partial charge on any atom is 0.226 e. The topological polar surface area (TPSA) is 56.6 Å². The fourth-order valence-electron chi connectivity index (χ4n) is 4.23. The predicted molar refractivity (Wildman–Crippen MR) is 79.1 cm³/mol. The molecule has 3 aliphatic rings. The van der Waals surface area contributed by atoms with Crippen molar-refractivity contribution >= 4 is 5.91 Å². The first-order valence-corrected chi connectivity index (χ1v) is 8.07. The number of fused-ring (bicyclic) bond motifs is 1. The lowest BCUT2D eigenvalue weighted by molar-refractivity contribution is -0.135. The van der Waals surface area contributed by atoms with Gasteiger partial charge < -0.3 is 14.4 Å². The molecule has 0 N–H and O–H groups in total. The van der Waals surface area contributed by atoms with Crippen LogP contribution in [0, 0.1) is 17.8 Å². The summed E-state index contributed by atoms with van der Waals surface area (Å²) in [4.78, 5) is 14.9. The Morgan fingerprint density at radius 1 is 1.45 bits per heavy atom. The molecule has 2 aliphatic heterocycles. The van der Waals surface area contributed by atoms with E-state index in [1.165, 1.54) is 0 Å². The summed E-state index contributed by atoms with van der Waals surface area (Å²) in [6, 6.07) is 0.129. The minimum absolute atomic E-state index is 0.124. The van der Waals surface area contributed by atoms with Crippen LogP contribution in [0.1, 0.15) is 12.0 Å². The van der Waals surface area contributed by atoms with Crippen LogP contribution < -0.4 is 0 Å². The zero-order valence-corrected chi connectivity index (χ0v) is 13.1. The molecule has 1 unspecified atom stereocenters. The van der Waals surface area contributed by atoms with Crippen LogP contribution in [-0.4, -0.2) is 59.6 Å². The third-order valence-electron chi connectivity index (χ3n) is 5.51. The molecule has 4 rings (SSSR count). The van der Waals surface area contributed by atoms with Gasteiger partial charge in [0, 0.05) is 32.8 Å². The molecule has 1 aliphatic carbocycles. The summed E-state index contributed by atoms with van der Waals surface area (Å²) < 4.78 is 12.8. The number of carbonyl (C=O) groups excluding carboxylic acids is 1. The molecular weight excluding hydrogens is 282 g/mol. The van der Waals surface area contributed by atoms with Crippen molar-refractivity contribution in [3.63, 3.8) is 0 Å². The molecule has 3 fully saturated rings. The monoisotopic (exact) mass is 305 g/mol. The number of amides is 1. The quantitative estimate of drug-likeness (QED) is 0.811. The highest BCUT2D eigenvalue weighted by Crippen LogP contribution is 2.52. The Bertz CT molecular complexity index is 563. The fraction of sp³-hybridized carbons (Fsp3) is 0.750. The number of hydrogen-bond donors (Lipinski definition) is 0. The maximum absolute atomic E-state index is 12.9. The van der Waals surface area contributed by atoms with Crippen LogP contribution in [0.4, 0.5) is 0 Å². The Kier molecular flexibility index (Phi) is 3.46. The Morgan fingerprint density at radius 3 is 2.86 bits per heavy atom. The first-order chi connectivity index (χ1) is 10.7. The van der Waals surface area contributed by atoms with Crippen LogP contribution in [-0.2, 0) is 27.7 Å². The zero-order chi connectivity index (χ0) is 15.3. The van der Waals surface area contributed by atoms with E-state index in [1.807, 2.05) is 19.4 Å². The van der Waals surface area contributed by atoms with Crippen LogP contribution in [0.15, 0.2) is 12.4 Å². The van der Waals surface area contributed by atoms with Crippen molar-refractivity contribution in [1.82, 2.24) is 14.7 Å². The molecule has 0 radical (unpaired) electrons. The van der Waals surface area contributed by atoms with Crippen LogP contribution >= 0.6 is 0 Å². The number of carbonyl (C=O) groups is 1. The van der Waals surface area contributed by atoms with Crippen molar-refractivity contribution < 1.29 is 14.3 Å². The highest BCUT2D eigenvalue weighted by Gasteiger charge is 2.60. The number of ether oxygens (including phenoxy) is 2. The van der Waals surface area contributed by atoms with Crippen molar-refractivity contribution in [3.05, 3.63) is 18.0 Å². The second-order valence-electron chi connectivity index (χ2n) is 6.78.